The minimum atomic E-state index is -4.90. The van der Waals surface area contributed by atoms with Crippen LogP contribution in [0.4, 0.5) is 20.7 Å². The first kappa shape index (κ1) is 39.2. The van der Waals surface area contributed by atoms with Crippen molar-refractivity contribution in [2.24, 2.45) is 0 Å². The number of phosphoric ester groups is 1. The first-order valence-electron chi connectivity index (χ1n) is 14.3. The Kier molecular flexibility index (Phi) is 13.4. The molecule has 2 aromatic heterocycles. The molecule has 0 bridgehead atoms. The Balaban J connectivity index is 0.00000351. The van der Waals surface area contributed by atoms with Crippen LogP contribution in [0.15, 0.2) is 83.5 Å². The number of hydrogen-bond acceptors (Lipinski definition) is 11. The largest absolute Gasteiger partial charge is 1.00 e. The molecule has 2 heterocycles. The fraction of sp³-hybridized carbons (Fsp3) is 0.194. The van der Waals surface area contributed by atoms with E-state index in [2.05, 4.69) is 19.8 Å². The zero-order valence-corrected chi connectivity index (χ0v) is 31.1. The van der Waals surface area contributed by atoms with Gasteiger partial charge < -0.3 is 30.4 Å². The second kappa shape index (κ2) is 17.1. The summed E-state index contributed by atoms with van der Waals surface area (Å²) in [5.41, 5.74) is 2.53. The molecule has 50 heavy (non-hydrogen) atoms. The predicted octanol–water partition coefficient (Wildman–Crippen LogP) is 3.17. The third-order valence-corrected chi connectivity index (χ3v) is 8.46. The van der Waals surface area contributed by atoms with Crippen molar-refractivity contribution < 1.29 is 81.4 Å². The molecule has 0 unspecified atom stereocenters. The molecule has 260 valence electrons. The van der Waals surface area contributed by atoms with E-state index < -0.39 is 36.3 Å². The summed E-state index contributed by atoms with van der Waals surface area (Å²) < 4.78 is 68.5. The number of phosphoric acid groups is 1. The molecule has 0 saturated heterocycles. The van der Waals surface area contributed by atoms with E-state index in [1.807, 2.05) is 0 Å². The van der Waals surface area contributed by atoms with Crippen molar-refractivity contribution in [3.05, 3.63) is 101 Å². The molecule has 0 radical (unpaired) electrons. The Hall–Kier alpha value is -3.57. The van der Waals surface area contributed by atoms with E-state index in [1.54, 1.807) is 60.7 Å². The summed E-state index contributed by atoms with van der Waals surface area (Å²) in [6.07, 6.45) is 1.34. The van der Waals surface area contributed by atoms with Gasteiger partial charge in [-0.25, -0.2) is 36.7 Å². The molecule has 0 fully saturated rings. The van der Waals surface area contributed by atoms with E-state index in [0.717, 1.165) is 11.2 Å². The molecule has 3 aromatic carbocycles. The van der Waals surface area contributed by atoms with Crippen LogP contribution in [0.3, 0.4) is 0 Å². The number of fused-ring (bicyclic) bond motifs is 1. The molecule has 1 amide bonds. The number of hydrogen-bond donors (Lipinski definition) is 3. The zero-order valence-electron chi connectivity index (χ0n) is 27.7. The summed E-state index contributed by atoms with van der Waals surface area (Å²) in [5.74, 6) is 0.810. The molecular formula is C31H30ClFN4NaO10PS. The smallest absolute Gasteiger partial charge is 1.00 e. The number of aromatic nitrogens is 2. The maximum Gasteiger partial charge on any atom is 1.00 e. The second-order valence-electron chi connectivity index (χ2n) is 10.6. The quantitative estimate of drug-likeness (QED) is 0.0852. The van der Waals surface area contributed by atoms with E-state index in [9.17, 15) is 22.2 Å². The van der Waals surface area contributed by atoms with E-state index in [1.165, 1.54) is 18.5 Å². The van der Waals surface area contributed by atoms with E-state index in [4.69, 9.17) is 35.3 Å². The number of ether oxygens (including phenoxy) is 2. The topological polar surface area (TPSA) is 191 Å². The first-order chi connectivity index (χ1) is 23.2. The van der Waals surface area contributed by atoms with Gasteiger partial charge in [0.15, 0.2) is 0 Å². The molecule has 0 aliphatic carbocycles. The SMILES string of the molecule is CS(=O)(=O)CCN(Cc1ccc(-c2ccc3ncnc(Nc4ccc(OCc5cccc(F)c5)c(Cl)c4)c3c2)o1)C(=O)OCOP(=O)(O)O.[H-].[Na+]. The third-order valence-electron chi connectivity index (χ3n) is 6.80. The van der Waals surface area contributed by atoms with Crippen molar-refractivity contribution >= 4 is 57.8 Å². The number of rotatable bonds is 14. The summed E-state index contributed by atoms with van der Waals surface area (Å²) in [7, 11) is -8.37. The van der Waals surface area contributed by atoms with Crippen LogP contribution < -0.4 is 39.6 Å². The Morgan fingerprint density at radius 2 is 1.90 bits per heavy atom. The molecule has 0 aliphatic rings. The van der Waals surface area contributed by atoms with E-state index in [0.29, 0.717) is 50.1 Å². The minimum Gasteiger partial charge on any atom is -1.00 e. The maximum absolute atomic E-state index is 13.5. The van der Waals surface area contributed by atoms with Crippen molar-refractivity contribution in [3.63, 3.8) is 0 Å². The summed E-state index contributed by atoms with van der Waals surface area (Å²) in [6, 6.07) is 19.8. The summed E-state index contributed by atoms with van der Waals surface area (Å²) in [5, 5.41) is 4.20. The summed E-state index contributed by atoms with van der Waals surface area (Å²) in [4.78, 5) is 40.0. The van der Waals surface area contributed by atoms with Gasteiger partial charge in [0.1, 0.15) is 51.7 Å². The first-order valence-corrected chi connectivity index (χ1v) is 18.3. The molecule has 0 saturated carbocycles. The van der Waals surface area contributed by atoms with Crippen LogP contribution >= 0.6 is 19.4 Å². The Morgan fingerprint density at radius 3 is 2.62 bits per heavy atom. The van der Waals surface area contributed by atoms with Gasteiger partial charge in [-0.2, -0.15) is 0 Å². The Morgan fingerprint density at radius 1 is 1.10 bits per heavy atom. The van der Waals surface area contributed by atoms with Gasteiger partial charge >= 0.3 is 43.5 Å². The number of carbonyl (C=O) groups is 1. The zero-order chi connectivity index (χ0) is 35.2. The summed E-state index contributed by atoms with van der Waals surface area (Å²) >= 11 is 6.48. The molecule has 0 spiro atoms. The van der Waals surface area contributed by atoms with Gasteiger partial charge in [0.25, 0.3) is 0 Å². The Bertz CT molecular complexity index is 2140. The van der Waals surface area contributed by atoms with E-state index in [-0.39, 0.29) is 62.3 Å². The van der Waals surface area contributed by atoms with Gasteiger partial charge in [-0.1, -0.05) is 23.7 Å². The van der Waals surface area contributed by atoms with Gasteiger partial charge in [0.05, 0.1) is 22.8 Å². The van der Waals surface area contributed by atoms with Gasteiger partial charge in [-0.3, -0.25) is 4.90 Å². The van der Waals surface area contributed by atoms with Crippen molar-refractivity contribution in [1.29, 1.82) is 0 Å². The fourth-order valence-corrected chi connectivity index (χ4v) is 5.46. The average Bonchev–Trinajstić information content (AvgIpc) is 3.50. The van der Waals surface area contributed by atoms with Crippen LogP contribution in [0.1, 0.15) is 12.8 Å². The number of halogens is 2. The van der Waals surface area contributed by atoms with E-state index >= 15 is 0 Å². The number of carbonyl (C=O) groups excluding carboxylic acids is 1. The van der Waals surface area contributed by atoms with Crippen LogP contribution in [-0.2, 0) is 36.8 Å². The molecule has 3 N–H and O–H groups in total. The standard InChI is InChI=1S/C31H29ClFN4O10PS.Na.H/c1-49(42,43)12-11-37(31(38)45-19-46-48(39,40)41)16-24-7-10-28(47-24)21-5-8-27-25(14-21)30(35-18-34-27)36-23-6-9-29(26(32)15-23)44-17-20-3-2-4-22(33)13-20;;/h2-10,13-15,18H,11-12,16-17,19H2,1H3,(H,34,35,36)(H2,39,40,41);;/q;+1;-1. The summed E-state index contributed by atoms with van der Waals surface area (Å²) in [6.45, 7) is -1.40. The van der Waals surface area contributed by atoms with Crippen LogP contribution in [-0.4, -0.2) is 64.5 Å². The fourth-order valence-electron chi connectivity index (χ4n) is 4.48. The van der Waals surface area contributed by atoms with Crippen LogP contribution in [0.5, 0.6) is 5.75 Å². The van der Waals surface area contributed by atoms with Gasteiger partial charge in [-0.05, 0) is 66.2 Å². The van der Waals surface area contributed by atoms with Crippen molar-refractivity contribution in [1.82, 2.24) is 14.9 Å². The molecule has 14 nitrogen and oxygen atoms in total. The number of sulfone groups is 1. The van der Waals surface area contributed by atoms with Crippen LogP contribution in [0.2, 0.25) is 5.02 Å². The maximum atomic E-state index is 13.5. The normalized spacial score (nSPS) is 11.5. The molecule has 5 rings (SSSR count). The molecular weight excluding hydrogens is 729 g/mol. The number of amides is 1. The predicted molar refractivity (Wildman–Crippen MR) is 178 cm³/mol. The number of nitrogens with one attached hydrogen (secondary N) is 1. The number of nitrogens with zero attached hydrogens (tertiary/aromatic N) is 3. The minimum absolute atomic E-state index is 0. The van der Waals surface area contributed by atoms with Crippen molar-refractivity contribution in [3.8, 4) is 17.1 Å². The molecule has 0 aliphatic heterocycles. The molecule has 0 atom stereocenters. The number of benzene rings is 3. The average molecular weight is 759 g/mol. The second-order valence-corrected chi connectivity index (χ2v) is 14.5. The number of anilines is 2. The number of furan rings is 1. The van der Waals surface area contributed by atoms with Crippen LogP contribution in [0.25, 0.3) is 22.2 Å². The molecule has 19 heteroatoms. The van der Waals surface area contributed by atoms with Crippen molar-refractivity contribution in [2.45, 2.75) is 13.2 Å². The van der Waals surface area contributed by atoms with Gasteiger partial charge in [0.2, 0.25) is 6.79 Å². The van der Waals surface area contributed by atoms with Crippen molar-refractivity contribution in [2.75, 3.05) is 30.7 Å². The Labute approximate surface area is 314 Å². The van der Waals surface area contributed by atoms with Gasteiger partial charge in [-0.15, -0.1) is 0 Å². The molecule has 5 aromatic rings. The van der Waals surface area contributed by atoms with Gasteiger partial charge in [0, 0.05) is 29.4 Å². The monoisotopic (exact) mass is 758 g/mol. The third kappa shape index (κ3) is 11.5. The van der Waals surface area contributed by atoms with Crippen LogP contribution in [0, 0.1) is 5.82 Å².